The van der Waals surface area contributed by atoms with Crippen LogP contribution >= 0.6 is 0 Å². The Balaban J connectivity index is 2.68. The molecular weight excluding hydrogens is 175 g/mol. The van der Waals surface area contributed by atoms with Crippen LogP contribution in [0.4, 0.5) is 0 Å². The molecule has 0 amide bonds. The summed E-state index contributed by atoms with van der Waals surface area (Å²) in [6.45, 7) is 5.29. The molecule has 2 nitrogen and oxygen atoms in total. The summed E-state index contributed by atoms with van der Waals surface area (Å²) in [7, 11) is 2.12. The van der Waals surface area contributed by atoms with Gasteiger partial charge in [-0.15, -0.1) is 5.73 Å². The van der Waals surface area contributed by atoms with Crippen molar-refractivity contribution < 1.29 is 9.47 Å². The van der Waals surface area contributed by atoms with Gasteiger partial charge in [-0.05, 0) is 37.4 Å². The SMILES string of the molecule is BC1C=C=CC=C1C(OCC)OCC. The molecule has 1 atom stereocenters. The smallest absolute Gasteiger partial charge is 0.179 e. The zero-order valence-electron chi connectivity index (χ0n) is 9.12. The van der Waals surface area contributed by atoms with E-state index in [1.54, 1.807) is 0 Å². The van der Waals surface area contributed by atoms with Crippen LogP contribution in [-0.4, -0.2) is 27.4 Å². The molecule has 0 heterocycles. The molecule has 0 aromatic rings. The first-order valence-electron chi connectivity index (χ1n) is 5.15. The summed E-state index contributed by atoms with van der Waals surface area (Å²) in [6, 6.07) is 0. The molecule has 1 aliphatic rings. The average molecular weight is 192 g/mol. The number of hydrogen-bond donors (Lipinski definition) is 0. The third-order valence-electron chi connectivity index (χ3n) is 2.15. The van der Waals surface area contributed by atoms with E-state index in [1.165, 1.54) is 5.57 Å². The van der Waals surface area contributed by atoms with E-state index in [9.17, 15) is 0 Å². The van der Waals surface area contributed by atoms with E-state index in [0.717, 1.165) is 0 Å². The predicted octanol–water partition coefficient (Wildman–Crippen LogP) is 1.46. The molecular formula is C11H17BO2. The Bertz CT molecular complexity index is 258. The van der Waals surface area contributed by atoms with Crippen molar-refractivity contribution in [3.8, 4) is 0 Å². The molecule has 3 heteroatoms. The number of ether oxygens (including phenoxy) is 2. The molecule has 1 unspecified atom stereocenters. The van der Waals surface area contributed by atoms with Crippen LogP contribution in [0.15, 0.2) is 29.5 Å². The van der Waals surface area contributed by atoms with Gasteiger partial charge in [-0.1, -0.05) is 6.08 Å². The highest BCUT2D eigenvalue weighted by Gasteiger charge is 2.19. The third-order valence-corrected chi connectivity index (χ3v) is 2.15. The van der Waals surface area contributed by atoms with E-state index in [-0.39, 0.29) is 6.29 Å². The van der Waals surface area contributed by atoms with Gasteiger partial charge in [-0.2, -0.15) is 0 Å². The first-order chi connectivity index (χ1) is 6.79. The minimum atomic E-state index is -0.199. The molecule has 0 aliphatic heterocycles. The lowest BCUT2D eigenvalue weighted by Crippen LogP contribution is -2.22. The highest BCUT2D eigenvalue weighted by molar-refractivity contribution is 6.15. The van der Waals surface area contributed by atoms with Crippen molar-refractivity contribution in [3.05, 3.63) is 29.5 Å². The van der Waals surface area contributed by atoms with Crippen molar-refractivity contribution in [2.75, 3.05) is 13.2 Å². The van der Waals surface area contributed by atoms with Crippen LogP contribution in [0.25, 0.3) is 0 Å². The number of hydrogen-bond acceptors (Lipinski definition) is 2. The maximum atomic E-state index is 5.53. The van der Waals surface area contributed by atoms with Crippen LogP contribution in [0.5, 0.6) is 0 Å². The molecule has 1 rings (SSSR count). The van der Waals surface area contributed by atoms with Gasteiger partial charge in [0.05, 0.1) is 0 Å². The van der Waals surface area contributed by atoms with Crippen LogP contribution in [0, 0.1) is 0 Å². The fraction of sp³-hybridized carbons (Fsp3) is 0.545. The van der Waals surface area contributed by atoms with Crippen LogP contribution < -0.4 is 0 Å². The Morgan fingerprint density at radius 3 is 2.57 bits per heavy atom. The van der Waals surface area contributed by atoms with Crippen molar-refractivity contribution in [1.82, 2.24) is 0 Å². The first-order valence-corrected chi connectivity index (χ1v) is 5.15. The predicted molar refractivity (Wildman–Crippen MR) is 60.1 cm³/mol. The van der Waals surface area contributed by atoms with E-state index in [0.29, 0.717) is 19.0 Å². The van der Waals surface area contributed by atoms with Gasteiger partial charge in [0, 0.05) is 13.2 Å². The van der Waals surface area contributed by atoms with Crippen molar-refractivity contribution in [2.45, 2.75) is 26.0 Å². The van der Waals surface area contributed by atoms with E-state index in [4.69, 9.17) is 9.47 Å². The highest BCUT2D eigenvalue weighted by atomic mass is 16.7. The van der Waals surface area contributed by atoms with Crippen LogP contribution in [0.2, 0.25) is 5.82 Å². The lowest BCUT2D eigenvalue weighted by molar-refractivity contribution is -0.112. The third kappa shape index (κ3) is 2.88. The molecule has 1 aliphatic carbocycles. The Morgan fingerprint density at radius 2 is 2.07 bits per heavy atom. The Morgan fingerprint density at radius 1 is 1.43 bits per heavy atom. The lowest BCUT2D eigenvalue weighted by atomic mass is 9.79. The average Bonchev–Trinajstić information content (AvgIpc) is 2.18. The molecule has 0 fully saturated rings. The maximum absolute atomic E-state index is 5.53. The molecule has 0 aromatic carbocycles. The molecule has 0 saturated carbocycles. The molecule has 0 aromatic heterocycles. The second-order valence-electron chi connectivity index (χ2n) is 3.20. The van der Waals surface area contributed by atoms with Gasteiger partial charge < -0.3 is 9.47 Å². The standard InChI is InChI=1S/C11H17BO2/c1-3-13-11(14-4-2)9-7-5-6-8-10(9)12/h5,7-8,10-11H,3-4,12H2,1-2H3. The van der Waals surface area contributed by atoms with Gasteiger partial charge in [0.15, 0.2) is 6.29 Å². The lowest BCUT2D eigenvalue weighted by Gasteiger charge is -2.23. The summed E-state index contributed by atoms with van der Waals surface area (Å²) < 4.78 is 11.1. The largest absolute Gasteiger partial charge is 0.349 e. The Hall–Kier alpha value is -0.755. The molecule has 14 heavy (non-hydrogen) atoms. The molecule has 0 radical (unpaired) electrons. The monoisotopic (exact) mass is 192 g/mol. The number of rotatable bonds is 5. The van der Waals surface area contributed by atoms with Gasteiger partial charge >= 0.3 is 0 Å². The summed E-state index contributed by atoms with van der Waals surface area (Å²) in [5.41, 5.74) is 4.24. The maximum Gasteiger partial charge on any atom is 0.179 e. The zero-order valence-corrected chi connectivity index (χ0v) is 9.12. The second-order valence-corrected chi connectivity index (χ2v) is 3.20. The van der Waals surface area contributed by atoms with Crippen molar-refractivity contribution in [2.24, 2.45) is 0 Å². The summed E-state index contributed by atoms with van der Waals surface area (Å²) in [6.07, 6.45) is 5.76. The minimum absolute atomic E-state index is 0.199. The second kappa shape index (κ2) is 5.87. The zero-order chi connectivity index (χ0) is 10.4. The minimum Gasteiger partial charge on any atom is -0.349 e. The summed E-state index contributed by atoms with van der Waals surface area (Å²) in [5, 5.41) is 0. The van der Waals surface area contributed by atoms with Crippen LogP contribution in [0.1, 0.15) is 13.8 Å². The summed E-state index contributed by atoms with van der Waals surface area (Å²) in [4.78, 5) is 0. The van der Waals surface area contributed by atoms with Gasteiger partial charge in [0.25, 0.3) is 0 Å². The number of allylic oxidation sites excluding steroid dienone is 2. The van der Waals surface area contributed by atoms with Gasteiger partial charge in [-0.3, -0.25) is 0 Å². The van der Waals surface area contributed by atoms with E-state index in [1.807, 2.05) is 32.1 Å². The Labute approximate surface area is 86.7 Å². The highest BCUT2D eigenvalue weighted by Crippen LogP contribution is 2.24. The first kappa shape index (κ1) is 11.3. The van der Waals surface area contributed by atoms with E-state index >= 15 is 0 Å². The normalized spacial score (nSPS) is 20.2. The van der Waals surface area contributed by atoms with Crippen molar-refractivity contribution >= 4 is 7.85 Å². The fourth-order valence-corrected chi connectivity index (χ4v) is 1.43. The van der Waals surface area contributed by atoms with Gasteiger partial charge in [0.2, 0.25) is 0 Å². The molecule has 0 bridgehead atoms. The van der Waals surface area contributed by atoms with Crippen LogP contribution in [0.3, 0.4) is 0 Å². The van der Waals surface area contributed by atoms with Gasteiger partial charge in [0.1, 0.15) is 7.85 Å². The van der Waals surface area contributed by atoms with Crippen molar-refractivity contribution in [1.29, 1.82) is 0 Å². The summed E-state index contributed by atoms with van der Waals surface area (Å²) in [5.74, 6) is 0.350. The molecule has 76 valence electrons. The topological polar surface area (TPSA) is 18.5 Å². The summed E-state index contributed by atoms with van der Waals surface area (Å²) >= 11 is 0. The van der Waals surface area contributed by atoms with E-state index < -0.39 is 0 Å². The van der Waals surface area contributed by atoms with E-state index in [2.05, 4.69) is 13.6 Å². The molecule has 0 saturated heterocycles. The van der Waals surface area contributed by atoms with Gasteiger partial charge in [-0.25, -0.2) is 0 Å². The molecule has 0 spiro atoms. The van der Waals surface area contributed by atoms with Crippen molar-refractivity contribution in [3.63, 3.8) is 0 Å². The molecule has 0 N–H and O–H groups in total. The van der Waals surface area contributed by atoms with Crippen LogP contribution in [-0.2, 0) is 9.47 Å². The Kier molecular flexibility index (Phi) is 4.74. The quantitative estimate of drug-likeness (QED) is 0.373. The fourth-order valence-electron chi connectivity index (χ4n) is 1.43.